The fourth-order valence-electron chi connectivity index (χ4n) is 2.49. The maximum absolute atomic E-state index is 12.8. The maximum atomic E-state index is 12.8. The van der Waals surface area contributed by atoms with Crippen LogP contribution in [0.4, 0.5) is 18.9 Å². The van der Waals surface area contributed by atoms with Crippen LogP contribution in [0.25, 0.3) is 10.9 Å². The molecule has 5 nitrogen and oxygen atoms in total. The predicted molar refractivity (Wildman–Crippen MR) is 98.3 cm³/mol. The van der Waals surface area contributed by atoms with Crippen LogP contribution in [-0.4, -0.2) is 23.0 Å². The average molecular weight is 411 g/mol. The average Bonchev–Trinajstić information content (AvgIpc) is 3.06. The first-order valence-electron chi connectivity index (χ1n) is 8.11. The van der Waals surface area contributed by atoms with Gasteiger partial charge in [0.05, 0.1) is 16.3 Å². The van der Waals surface area contributed by atoms with Gasteiger partial charge in [-0.05, 0) is 37.3 Å². The Morgan fingerprint density at radius 1 is 1.14 bits per heavy atom. The molecular formula is C19H14ClF3N2O3. The van der Waals surface area contributed by atoms with E-state index in [-0.39, 0.29) is 16.4 Å². The molecule has 1 aromatic heterocycles. The Hall–Kier alpha value is -3.00. The Morgan fingerprint density at radius 2 is 1.86 bits per heavy atom. The highest BCUT2D eigenvalue weighted by Crippen LogP contribution is 2.33. The number of nitrogens with one attached hydrogen (secondary N) is 2. The zero-order valence-corrected chi connectivity index (χ0v) is 15.2. The van der Waals surface area contributed by atoms with Gasteiger partial charge in [-0.25, -0.2) is 4.79 Å². The normalized spacial score (nSPS) is 12.6. The van der Waals surface area contributed by atoms with Crippen molar-refractivity contribution in [1.29, 1.82) is 0 Å². The largest absolute Gasteiger partial charge is 0.448 e. The molecule has 0 unspecified atom stereocenters. The molecule has 0 bridgehead atoms. The molecule has 1 amide bonds. The van der Waals surface area contributed by atoms with Gasteiger partial charge in [-0.3, -0.25) is 4.79 Å². The van der Waals surface area contributed by atoms with Crippen LogP contribution in [-0.2, 0) is 15.7 Å². The summed E-state index contributed by atoms with van der Waals surface area (Å²) in [6, 6.07) is 11.3. The number of para-hydroxylation sites is 1. The zero-order valence-electron chi connectivity index (χ0n) is 14.4. The van der Waals surface area contributed by atoms with Crippen LogP contribution in [0.2, 0.25) is 5.02 Å². The highest BCUT2D eigenvalue weighted by Gasteiger charge is 2.31. The summed E-state index contributed by atoms with van der Waals surface area (Å²) in [4.78, 5) is 27.3. The number of amides is 1. The van der Waals surface area contributed by atoms with Crippen molar-refractivity contribution >= 4 is 40.1 Å². The molecule has 0 aliphatic rings. The van der Waals surface area contributed by atoms with Gasteiger partial charge in [0, 0.05) is 10.9 Å². The Bertz CT molecular complexity index is 1010. The molecule has 0 fully saturated rings. The highest BCUT2D eigenvalue weighted by molar-refractivity contribution is 6.33. The monoisotopic (exact) mass is 410 g/mol. The summed E-state index contributed by atoms with van der Waals surface area (Å²) < 4.78 is 43.5. The fourth-order valence-corrected chi connectivity index (χ4v) is 2.66. The number of ether oxygens (including phenoxy) is 1. The Labute approximate surface area is 162 Å². The number of carbonyl (C=O) groups excluding carboxylic acids is 2. The van der Waals surface area contributed by atoms with E-state index < -0.39 is 29.7 Å². The van der Waals surface area contributed by atoms with Crippen molar-refractivity contribution in [3.63, 3.8) is 0 Å². The van der Waals surface area contributed by atoms with E-state index in [2.05, 4.69) is 10.3 Å². The molecule has 2 N–H and O–H groups in total. The van der Waals surface area contributed by atoms with Crippen molar-refractivity contribution in [3.8, 4) is 0 Å². The number of esters is 1. The predicted octanol–water partition coefficient (Wildman–Crippen LogP) is 5.02. The molecule has 1 atom stereocenters. The Kier molecular flexibility index (Phi) is 5.33. The lowest BCUT2D eigenvalue weighted by Gasteiger charge is -2.15. The van der Waals surface area contributed by atoms with E-state index in [4.69, 9.17) is 16.3 Å². The van der Waals surface area contributed by atoms with Crippen LogP contribution in [0.1, 0.15) is 23.0 Å². The van der Waals surface area contributed by atoms with E-state index in [1.807, 2.05) is 0 Å². The molecule has 0 aliphatic carbocycles. The van der Waals surface area contributed by atoms with Crippen LogP contribution < -0.4 is 5.32 Å². The molecule has 0 aliphatic heterocycles. The van der Waals surface area contributed by atoms with Gasteiger partial charge in [0.15, 0.2) is 6.10 Å². The number of alkyl halides is 3. The fraction of sp³-hybridized carbons (Fsp3) is 0.158. The Morgan fingerprint density at radius 3 is 2.54 bits per heavy atom. The van der Waals surface area contributed by atoms with Gasteiger partial charge in [-0.2, -0.15) is 13.2 Å². The number of aromatic amines is 1. The minimum atomic E-state index is -4.59. The second-order valence-electron chi connectivity index (χ2n) is 6.00. The summed E-state index contributed by atoms with van der Waals surface area (Å²) in [5.41, 5.74) is -0.315. The molecule has 0 radical (unpaired) electrons. The summed E-state index contributed by atoms with van der Waals surface area (Å²) in [7, 11) is 0. The second-order valence-corrected chi connectivity index (χ2v) is 6.41. The molecule has 0 saturated heterocycles. The number of rotatable bonds is 4. The van der Waals surface area contributed by atoms with Gasteiger partial charge < -0.3 is 15.0 Å². The van der Waals surface area contributed by atoms with Gasteiger partial charge >= 0.3 is 12.1 Å². The summed E-state index contributed by atoms with van der Waals surface area (Å²) >= 11 is 5.85. The molecule has 2 aromatic carbocycles. The first-order valence-corrected chi connectivity index (χ1v) is 8.49. The van der Waals surface area contributed by atoms with E-state index in [1.54, 1.807) is 30.3 Å². The van der Waals surface area contributed by atoms with Crippen LogP contribution in [0.15, 0.2) is 48.5 Å². The third-order valence-electron chi connectivity index (χ3n) is 3.95. The number of hydrogen-bond acceptors (Lipinski definition) is 3. The topological polar surface area (TPSA) is 71.2 Å². The number of fused-ring (bicyclic) bond motifs is 1. The third kappa shape index (κ3) is 4.28. The first-order chi connectivity index (χ1) is 13.1. The van der Waals surface area contributed by atoms with E-state index in [9.17, 15) is 22.8 Å². The van der Waals surface area contributed by atoms with Crippen LogP contribution in [0.3, 0.4) is 0 Å². The first kappa shape index (κ1) is 19.8. The smallest absolute Gasteiger partial charge is 0.416 e. The van der Waals surface area contributed by atoms with Gasteiger partial charge in [0.1, 0.15) is 5.69 Å². The van der Waals surface area contributed by atoms with Crippen molar-refractivity contribution < 1.29 is 27.5 Å². The summed E-state index contributed by atoms with van der Waals surface area (Å²) in [5.74, 6) is -1.58. The number of halogens is 4. The molecule has 3 rings (SSSR count). The standard InChI is InChI=1S/C19H14ClF3N2O3/c1-10(28-18(27)16-8-11-4-2-3-5-14(11)24-16)17(26)25-15-9-12(19(21,22)23)6-7-13(15)20/h2-10,24H,1H3,(H,25,26)/t10-/m0/s1. The molecule has 146 valence electrons. The quantitative estimate of drug-likeness (QED) is 0.593. The number of benzene rings is 2. The molecule has 0 spiro atoms. The summed E-state index contributed by atoms with van der Waals surface area (Å²) in [5, 5.41) is 2.97. The van der Waals surface area contributed by atoms with Crippen LogP contribution in [0, 0.1) is 0 Å². The Balaban J connectivity index is 1.70. The minimum Gasteiger partial charge on any atom is -0.448 e. The van der Waals surface area contributed by atoms with Gasteiger partial charge in [-0.1, -0.05) is 29.8 Å². The zero-order chi connectivity index (χ0) is 20.5. The summed E-state index contributed by atoms with van der Waals surface area (Å²) in [6.45, 7) is 1.30. The molecule has 0 saturated carbocycles. The van der Waals surface area contributed by atoms with Crippen molar-refractivity contribution in [2.75, 3.05) is 5.32 Å². The molecule has 9 heteroatoms. The SMILES string of the molecule is C[C@H](OC(=O)c1cc2ccccc2[nH]1)C(=O)Nc1cc(C(F)(F)F)ccc1Cl. The van der Waals surface area contributed by atoms with Crippen molar-refractivity contribution in [1.82, 2.24) is 4.98 Å². The number of hydrogen-bond donors (Lipinski definition) is 2. The lowest BCUT2D eigenvalue weighted by molar-refractivity contribution is -0.137. The van der Waals surface area contributed by atoms with E-state index >= 15 is 0 Å². The second kappa shape index (κ2) is 7.55. The van der Waals surface area contributed by atoms with Gasteiger partial charge in [0.25, 0.3) is 5.91 Å². The number of carbonyl (C=O) groups is 2. The van der Waals surface area contributed by atoms with E-state index in [1.165, 1.54) is 6.92 Å². The molecule has 3 aromatic rings. The lowest BCUT2D eigenvalue weighted by Crippen LogP contribution is -2.30. The van der Waals surface area contributed by atoms with Crippen molar-refractivity contribution in [2.45, 2.75) is 19.2 Å². The van der Waals surface area contributed by atoms with Gasteiger partial charge in [-0.15, -0.1) is 0 Å². The van der Waals surface area contributed by atoms with Crippen molar-refractivity contribution in [3.05, 3.63) is 64.8 Å². The number of aromatic nitrogens is 1. The minimum absolute atomic E-state index is 0.0736. The van der Waals surface area contributed by atoms with Gasteiger partial charge in [0.2, 0.25) is 0 Å². The number of H-pyrrole nitrogens is 1. The number of anilines is 1. The maximum Gasteiger partial charge on any atom is 0.416 e. The third-order valence-corrected chi connectivity index (χ3v) is 4.28. The lowest BCUT2D eigenvalue weighted by atomic mass is 10.2. The van der Waals surface area contributed by atoms with Crippen LogP contribution in [0.5, 0.6) is 0 Å². The summed E-state index contributed by atoms with van der Waals surface area (Å²) in [6.07, 6.45) is -5.85. The van der Waals surface area contributed by atoms with E-state index in [0.717, 1.165) is 23.0 Å². The highest BCUT2D eigenvalue weighted by atomic mass is 35.5. The van der Waals surface area contributed by atoms with E-state index in [0.29, 0.717) is 6.07 Å². The molecule has 28 heavy (non-hydrogen) atoms. The van der Waals surface area contributed by atoms with Crippen molar-refractivity contribution in [2.24, 2.45) is 0 Å². The van der Waals surface area contributed by atoms with Crippen LogP contribution >= 0.6 is 11.6 Å². The molecular weight excluding hydrogens is 397 g/mol. The molecule has 1 heterocycles.